The maximum absolute atomic E-state index is 2.34. The van der Waals surface area contributed by atoms with E-state index >= 15 is 0 Å². The highest BCUT2D eigenvalue weighted by Crippen LogP contribution is 2.36. The van der Waals surface area contributed by atoms with Crippen LogP contribution in [-0.2, 0) is 0 Å². The summed E-state index contributed by atoms with van der Waals surface area (Å²) in [6, 6.07) is 0. The quantitative estimate of drug-likeness (QED) is 0.544. The van der Waals surface area contributed by atoms with Crippen molar-refractivity contribution in [3.05, 3.63) is 0 Å². The smallest absolute Gasteiger partial charge is 0.0865 e. The predicted octanol–water partition coefficient (Wildman–Crippen LogP) is 1.88. The monoisotopic (exact) mass is 154 g/mol. The molecule has 1 saturated heterocycles. The SMILES string of the molecule is C[N+]1(C)CC(CCC2CC2)C1. The molecule has 2 rings (SSSR count). The molecule has 0 aromatic heterocycles. The van der Waals surface area contributed by atoms with E-state index in [0.717, 1.165) is 11.8 Å². The van der Waals surface area contributed by atoms with Crippen LogP contribution in [0.25, 0.3) is 0 Å². The van der Waals surface area contributed by atoms with E-state index in [2.05, 4.69) is 14.1 Å². The molecule has 64 valence electrons. The van der Waals surface area contributed by atoms with Crippen LogP contribution < -0.4 is 0 Å². The van der Waals surface area contributed by atoms with Crippen LogP contribution in [0.2, 0.25) is 0 Å². The summed E-state index contributed by atoms with van der Waals surface area (Å²) in [5.74, 6) is 2.22. The van der Waals surface area contributed by atoms with Gasteiger partial charge in [0.1, 0.15) is 0 Å². The zero-order valence-corrected chi connectivity index (χ0v) is 7.84. The van der Waals surface area contributed by atoms with Crippen molar-refractivity contribution in [2.75, 3.05) is 27.2 Å². The Bertz CT molecular complexity index is 139. The van der Waals surface area contributed by atoms with E-state index in [4.69, 9.17) is 0 Å². The van der Waals surface area contributed by atoms with E-state index in [1.54, 1.807) is 0 Å². The molecule has 1 saturated carbocycles. The summed E-state index contributed by atoms with van der Waals surface area (Å²) in [4.78, 5) is 0. The van der Waals surface area contributed by atoms with Gasteiger partial charge in [0.05, 0.1) is 33.1 Å². The molecule has 1 aliphatic carbocycles. The first-order valence-corrected chi connectivity index (χ1v) is 4.98. The lowest BCUT2D eigenvalue weighted by Crippen LogP contribution is -2.57. The van der Waals surface area contributed by atoms with Gasteiger partial charge in [-0.3, -0.25) is 0 Å². The van der Waals surface area contributed by atoms with Crippen LogP contribution in [0, 0.1) is 11.8 Å². The minimum Gasteiger partial charge on any atom is -0.328 e. The molecule has 1 heterocycles. The van der Waals surface area contributed by atoms with E-state index in [-0.39, 0.29) is 0 Å². The van der Waals surface area contributed by atoms with Crippen molar-refractivity contribution in [1.82, 2.24) is 0 Å². The van der Waals surface area contributed by atoms with Crippen molar-refractivity contribution < 1.29 is 4.48 Å². The third kappa shape index (κ3) is 1.96. The highest BCUT2D eigenvalue weighted by Gasteiger charge is 2.37. The molecular weight excluding hydrogens is 134 g/mol. The van der Waals surface area contributed by atoms with E-state index in [9.17, 15) is 0 Å². The Morgan fingerprint density at radius 3 is 2.00 bits per heavy atom. The van der Waals surface area contributed by atoms with Gasteiger partial charge in [0.2, 0.25) is 0 Å². The van der Waals surface area contributed by atoms with Gasteiger partial charge in [-0.1, -0.05) is 12.8 Å². The first kappa shape index (κ1) is 7.60. The maximum Gasteiger partial charge on any atom is 0.0865 e. The van der Waals surface area contributed by atoms with Gasteiger partial charge in [-0.15, -0.1) is 0 Å². The van der Waals surface area contributed by atoms with Crippen molar-refractivity contribution in [3.8, 4) is 0 Å². The first-order valence-electron chi connectivity index (χ1n) is 4.98. The molecule has 0 N–H and O–H groups in total. The summed E-state index contributed by atoms with van der Waals surface area (Å²) in [6.45, 7) is 2.87. The molecule has 2 aliphatic rings. The second kappa shape index (κ2) is 2.48. The second-order valence-electron chi connectivity index (χ2n) is 5.19. The van der Waals surface area contributed by atoms with Gasteiger partial charge in [0.15, 0.2) is 0 Å². The first-order chi connectivity index (χ1) is 5.16. The zero-order chi connectivity index (χ0) is 7.90. The highest BCUT2D eigenvalue weighted by atomic mass is 15.4. The molecule has 0 atom stereocenters. The van der Waals surface area contributed by atoms with Gasteiger partial charge in [0, 0.05) is 0 Å². The number of likely N-dealkylation sites (tertiary alicyclic amines) is 1. The van der Waals surface area contributed by atoms with Gasteiger partial charge in [0.25, 0.3) is 0 Å². The molecule has 1 heteroatoms. The second-order valence-corrected chi connectivity index (χ2v) is 5.19. The topological polar surface area (TPSA) is 0 Å². The zero-order valence-electron chi connectivity index (χ0n) is 7.84. The summed E-state index contributed by atoms with van der Waals surface area (Å²) in [5, 5.41) is 0. The number of rotatable bonds is 3. The van der Waals surface area contributed by atoms with Crippen molar-refractivity contribution in [1.29, 1.82) is 0 Å². The van der Waals surface area contributed by atoms with E-state index < -0.39 is 0 Å². The van der Waals surface area contributed by atoms with Crippen molar-refractivity contribution in [2.45, 2.75) is 25.7 Å². The van der Waals surface area contributed by atoms with Crippen LogP contribution in [0.5, 0.6) is 0 Å². The van der Waals surface area contributed by atoms with E-state index in [1.807, 2.05) is 0 Å². The summed E-state index contributed by atoms with van der Waals surface area (Å²) < 4.78 is 1.27. The Balaban J connectivity index is 1.59. The molecule has 0 amide bonds. The summed E-state index contributed by atoms with van der Waals surface area (Å²) in [7, 11) is 4.68. The highest BCUT2D eigenvalue weighted by molar-refractivity contribution is 4.76. The fourth-order valence-corrected chi connectivity index (χ4v) is 2.40. The summed E-state index contributed by atoms with van der Waals surface area (Å²) >= 11 is 0. The van der Waals surface area contributed by atoms with Gasteiger partial charge in [-0.2, -0.15) is 0 Å². The molecule has 0 radical (unpaired) electrons. The Labute approximate surface area is 70.0 Å². The number of nitrogens with zero attached hydrogens (tertiary/aromatic N) is 1. The van der Waals surface area contributed by atoms with Crippen molar-refractivity contribution in [2.24, 2.45) is 11.8 Å². The Hall–Kier alpha value is -0.0400. The molecule has 11 heavy (non-hydrogen) atoms. The maximum atomic E-state index is 2.34. The minimum absolute atomic E-state index is 1.07. The predicted molar refractivity (Wildman–Crippen MR) is 47.3 cm³/mol. The van der Waals surface area contributed by atoms with Crippen LogP contribution >= 0.6 is 0 Å². The fraction of sp³-hybridized carbons (Fsp3) is 1.00. The van der Waals surface area contributed by atoms with Gasteiger partial charge in [-0.05, 0) is 18.8 Å². The molecular formula is C10H20N+. The molecule has 1 nitrogen and oxygen atoms in total. The standard InChI is InChI=1S/C10H20N/c1-11(2)7-10(8-11)6-5-9-3-4-9/h9-10H,3-8H2,1-2H3/q+1. The lowest BCUT2D eigenvalue weighted by atomic mass is 9.92. The van der Waals surface area contributed by atoms with Crippen molar-refractivity contribution >= 4 is 0 Å². The van der Waals surface area contributed by atoms with Crippen LogP contribution in [-0.4, -0.2) is 31.7 Å². The largest absolute Gasteiger partial charge is 0.328 e. The Morgan fingerprint density at radius 2 is 1.55 bits per heavy atom. The lowest BCUT2D eigenvalue weighted by Gasteiger charge is -2.44. The average molecular weight is 154 g/mol. The number of quaternary nitrogens is 1. The van der Waals surface area contributed by atoms with Gasteiger partial charge in [-0.25, -0.2) is 0 Å². The lowest BCUT2D eigenvalue weighted by molar-refractivity contribution is -0.939. The normalized spacial score (nSPS) is 30.0. The molecule has 0 aromatic carbocycles. The number of hydrogen-bond donors (Lipinski definition) is 0. The Morgan fingerprint density at radius 1 is 1.00 bits per heavy atom. The summed E-state index contributed by atoms with van der Waals surface area (Å²) in [5.41, 5.74) is 0. The molecule has 0 bridgehead atoms. The minimum atomic E-state index is 1.07. The average Bonchev–Trinajstić information content (AvgIpc) is 2.60. The summed E-state index contributed by atoms with van der Waals surface area (Å²) in [6.07, 6.45) is 6.12. The molecule has 1 aliphatic heterocycles. The van der Waals surface area contributed by atoms with E-state index in [0.29, 0.717) is 0 Å². The van der Waals surface area contributed by atoms with Crippen LogP contribution in [0.15, 0.2) is 0 Å². The van der Waals surface area contributed by atoms with Crippen LogP contribution in [0.4, 0.5) is 0 Å². The third-order valence-corrected chi connectivity index (χ3v) is 3.18. The third-order valence-electron chi connectivity index (χ3n) is 3.18. The Kier molecular flexibility index (Phi) is 1.71. The molecule has 0 aromatic rings. The number of hydrogen-bond acceptors (Lipinski definition) is 0. The van der Waals surface area contributed by atoms with Gasteiger partial charge < -0.3 is 4.48 Å². The molecule has 2 fully saturated rings. The van der Waals surface area contributed by atoms with Crippen LogP contribution in [0.3, 0.4) is 0 Å². The van der Waals surface area contributed by atoms with Crippen molar-refractivity contribution in [3.63, 3.8) is 0 Å². The fourth-order valence-electron chi connectivity index (χ4n) is 2.40. The van der Waals surface area contributed by atoms with Gasteiger partial charge >= 0.3 is 0 Å². The van der Waals surface area contributed by atoms with E-state index in [1.165, 1.54) is 43.3 Å². The molecule has 0 spiro atoms. The van der Waals surface area contributed by atoms with Crippen LogP contribution in [0.1, 0.15) is 25.7 Å². The molecule has 0 unspecified atom stereocenters.